The Kier molecular flexibility index (Phi) is 4.42. The standard InChI is InChI=1S/C14H29NO/c1-13(2,3)10-15-9-11-7-8-16-12(11)14(4,5)6/h11-12,15H,7-10H2,1-6H3. The van der Waals surface area contributed by atoms with E-state index in [9.17, 15) is 0 Å². The summed E-state index contributed by atoms with van der Waals surface area (Å²) in [4.78, 5) is 0. The van der Waals surface area contributed by atoms with Gasteiger partial charge >= 0.3 is 0 Å². The molecular formula is C14H29NO. The van der Waals surface area contributed by atoms with Crippen LogP contribution < -0.4 is 5.32 Å². The molecule has 96 valence electrons. The lowest BCUT2D eigenvalue weighted by Crippen LogP contribution is -2.39. The molecular weight excluding hydrogens is 198 g/mol. The first-order valence-electron chi connectivity index (χ1n) is 6.52. The summed E-state index contributed by atoms with van der Waals surface area (Å²) in [6.45, 7) is 16.8. The van der Waals surface area contributed by atoms with Gasteiger partial charge in [0.1, 0.15) is 0 Å². The lowest BCUT2D eigenvalue weighted by molar-refractivity contribution is 0.00697. The van der Waals surface area contributed by atoms with Crippen LogP contribution in [0, 0.1) is 16.7 Å². The van der Waals surface area contributed by atoms with Gasteiger partial charge in [-0.3, -0.25) is 0 Å². The Balaban J connectivity index is 2.36. The largest absolute Gasteiger partial charge is 0.377 e. The van der Waals surface area contributed by atoms with E-state index in [1.807, 2.05) is 0 Å². The highest BCUT2D eigenvalue weighted by Gasteiger charge is 2.36. The maximum Gasteiger partial charge on any atom is 0.0664 e. The Morgan fingerprint density at radius 3 is 2.25 bits per heavy atom. The van der Waals surface area contributed by atoms with E-state index in [0.29, 0.717) is 17.4 Å². The Hall–Kier alpha value is -0.0800. The summed E-state index contributed by atoms with van der Waals surface area (Å²) in [5.74, 6) is 0.683. The summed E-state index contributed by atoms with van der Waals surface area (Å²) in [5.41, 5.74) is 0.640. The van der Waals surface area contributed by atoms with Crippen LogP contribution in [0.1, 0.15) is 48.0 Å². The minimum absolute atomic E-state index is 0.268. The predicted octanol–water partition coefficient (Wildman–Crippen LogP) is 3.07. The van der Waals surface area contributed by atoms with E-state index in [2.05, 4.69) is 46.9 Å². The SMILES string of the molecule is CC(C)(C)CNCC1CCOC1C(C)(C)C. The second-order valence-electron chi connectivity index (χ2n) is 7.40. The molecule has 0 aliphatic carbocycles. The van der Waals surface area contributed by atoms with Crippen LogP contribution in [-0.4, -0.2) is 25.8 Å². The molecule has 1 rings (SSSR count). The van der Waals surface area contributed by atoms with Crippen molar-refractivity contribution in [3.8, 4) is 0 Å². The molecule has 1 saturated heterocycles. The van der Waals surface area contributed by atoms with E-state index in [1.165, 1.54) is 6.42 Å². The number of ether oxygens (including phenoxy) is 1. The molecule has 0 aromatic carbocycles. The molecule has 0 bridgehead atoms. The first kappa shape index (κ1) is 14.0. The van der Waals surface area contributed by atoms with Crippen molar-refractivity contribution in [1.82, 2.24) is 5.32 Å². The molecule has 0 amide bonds. The maximum absolute atomic E-state index is 5.87. The van der Waals surface area contributed by atoms with E-state index in [4.69, 9.17) is 4.74 Å². The van der Waals surface area contributed by atoms with Crippen LogP contribution in [0.15, 0.2) is 0 Å². The van der Waals surface area contributed by atoms with Gasteiger partial charge in [0.15, 0.2) is 0 Å². The molecule has 2 nitrogen and oxygen atoms in total. The van der Waals surface area contributed by atoms with Gasteiger partial charge < -0.3 is 10.1 Å². The van der Waals surface area contributed by atoms with Crippen molar-refractivity contribution >= 4 is 0 Å². The van der Waals surface area contributed by atoms with Gasteiger partial charge in [-0.05, 0) is 17.3 Å². The summed E-state index contributed by atoms with van der Waals surface area (Å²) in [6, 6.07) is 0. The fourth-order valence-corrected chi connectivity index (χ4v) is 2.43. The molecule has 0 aromatic heterocycles. The van der Waals surface area contributed by atoms with Crippen LogP contribution in [-0.2, 0) is 4.74 Å². The second-order valence-corrected chi connectivity index (χ2v) is 7.40. The van der Waals surface area contributed by atoms with Crippen molar-refractivity contribution in [3.05, 3.63) is 0 Å². The smallest absolute Gasteiger partial charge is 0.0664 e. The Bertz CT molecular complexity index is 212. The van der Waals surface area contributed by atoms with E-state index in [-0.39, 0.29) is 5.41 Å². The molecule has 1 aliphatic heterocycles. The van der Waals surface area contributed by atoms with E-state index < -0.39 is 0 Å². The summed E-state index contributed by atoms with van der Waals surface area (Å²) >= 11 is 0. The third kappa shape index (κ3) is 4.42. The average molecular weight is 227 g/mol. The number of nitrogens with one attached hydrogen (secondary N) is 1. The molecule has 0 spiro atoms. The quantitative estimate of drug-likeness (QED) is 0.800. The predicted molar refractivity (Wildman–Crippen MR) is 69.6 cm³/mol. The number of hydrogen-bond donors (Lipinski definition) is 1. The zero-order valence-corrected chi connectivity index (χ0v) is 11.9. The van der Waals surface area contributed by atoms with Crippen LogP contribution in [0.5, 0.6) is 0 Å². The molecule has 1 N–H and O–H groups in total. The van der Waals surface area contributed by atoms with Gasteiger partial charge in [0, 0.05) is 25.6 Å². The van der Waals surface area contributed by atoms with Crippen LogP contribution in [0.4, 0.5) is 0 Å². The molecule has 1 aliphatic rings. The van der Waals surface area contributed by atoms with Gasteiger partial charge in [0.05, 0.1) is 6.10 Å². The highest BCUT2D eigenvalue weighted by molar-refractivity contribution is 4.87. The lowest BCUT2D eigenvalue weighted by atomic mass is 9.81. The summed E-state index contributed by atoms with van der Waals surface area (Å²) in [5, 5.41) is 3.59. The molecule has 1 fully saturated rings. The van der Waals surface area contributed by atoms with Crippen LogP contribution in [0.2, 0.25) is 0 Å². The molecule has 0 aromatic rings. The van der Waals surface area contributed by atoms with E-state index in [1.54, 1.807) is 0 Å². The van der Waals surface area contributed by atoms with Crippen molar-refractivity contribution in [2.24, 2.45) is 16.7 Å². The normalized spacial score (nSPS) is 27.4. The van der Waals surface area contributed by atoms with E-state index in [0.717, 1.165) is 19.7 Å². The van der Waals surface area contributed by atoms with Crippen molar-refractivity contribution in [1.29, 1.82) is 0 Å². The lowest BCUT2D eigenvalue weighted by Gasteiger charge is -2.32. The third-order valence-electron chi connectivity index (χ3n) is 3.13. The minimum Gasteiger partial charge on any atom is -0.377 e. The van der Waals surface area contributed by atoms with Crippen LogP contribution in [0.3, 0.4) is 0 Å². The Morgan fingerprint density at radius 1 is 1.12 bits per heavy atom. The average Bonchev–Trinajstić information content (AvgIpc) is 2.48. The second kappa shape index (κ2) is 5.05. The van der Waals surface area contributed by atoms with Crippen molar-refractivity contribution in [3.63, 3.8) is 0 Å². The van der Waals surface area contributed by atoms with Crippen LogP contribution >= 0.6 is 0 Å². The van der Waals surface area contributed by atoms with Crippen molar-refractivity contribution in [2.75, 3.05) is 19.7 Å². The minimum atomic E-state index is 0.268. The summed E-state index contributed by atoms with van der Waals surface area (Å²) in [6.07, 6.45) is 1.62. The summed E-state index contributed by atoms with van der Waals surface area (Å²) in [7, 11) is 0. The van der Waals surface area contributed by atoms with Gasteiger partial charge in [0.25, 0.3) is 0 Å². The Labute approximate surface area is 101 Å². The van der Waals surface area contributed by atoms with Gasteiger partial charge in [0.2, 0.25) is 0 Å². The molecule has 2 heteroatoms. The third-order valence-corrected chi connectivity index (χ3v) is 3.13. The first-order chi connectivity index (χ1) is 7.20. The fourth-order valence-electron chi connectivity index (χ4n) is 2.43. The van der Waals surface area contributed by atoms with Crippen molar-refractivity contribution < 1.29 is 4.74 Å². The zero-order valence-electron chi connectivity index (χ0n) is 11.9. The number of hydrogen-bond acceptors (Lipinski definition) is 2. The number of rotatable bonds is 3. The van der Waals surface area contributed by atoms with Gasteiger partial charge in [-0.25, -0.2) is 0 Å². The van der Waals surface area contributed by atoms with Crippen molar-refractivity contribution in [2.45, 2.75) is 54.1 Å². The van der Waals surface area contributed by atoms with Gasteiger partial charge in [-0.2, -0.15) is 0 Å². The molecule has 16 heavy (non-hydrogen) atoms. The molecule has 2 atom stereocenters. The van der Waals surface area contributed by atoms with Gasteiger partial charge in [-0.15, -0.1) is 0 Å². The van der Waals surface area contributed by atoms with Gasteiger partial charge in [-0.1, -0.05) is 41.5 Å². The van der Waals surface area contributed by atoms with Crippen LogP contribution in [0.25, 0.3) is 0 Å². The maximum atomic E-state index is 5.87. The van der Waals surface area contributed by atoms with E-state index >= 15 is 0 Å². The zero-order chi connectivity index (χ0) is 12.4. The first-order valence-corrected chi connectivity index (χ1v) is 6.52. The molecule has 0 saturated carbocycles. The Morgan fingerprint density at radius 2 is 1.75 bits per heavy atom. The molecule has 1 heterocycles. The topological polar surface area (TPSA) is 21.3 Å². The monoisotopic (exact) mass is 227 g/mol. The highest BCUT2D eigenvalue weighted by Crippen LogP contribution is 2.34. The highest BCUT2D eigenvalue weighted by atomic mass is 16.5. The molecule has 0 radical (unpaired) electrons. The fraction of sp³-hybridized carbons (Fsp3) is 1.00. The summed E-state index contributed by atoms with van der Waals surface area (Å²) < 4.78 is 5.87. The molecule has 2 unspecified atom stereocenters.